The molecule has 4 nitrogen and oxygen atoms in total. The molecular formula is C16H24N4S. The second-order valence-corrected chi connectivity index (χ2v) is 8.25. The summed E-state index contributed by atoms with van der Waals surface area (Å²) in [6, 6.07) is 2.15. The third kappa shape index (κ3) is 2.76. The largest absolute Gasteiger partial charge is 0.367 e. The van der Waals surface area contributed by atoms with Gasteiger partial charge in [-0.2, -0.15) is 16.9 Å². The van der Waals surface area contributed by atoms with Gasteiger partial charge in [0, 0.05) is 29.1 Å². The molecule has 1 saturated carbocycles. The fraction of sp³-hybridized carbons (Fsp3) is 0.625. The summed E-state index contributed by atoms with van der Waals surface area (Å²) in [6.45, 7) is 7.54. The first-order chi connectivity index (χ1) is 9.93. The van der Waals surface area contributed by atoms with Gasteiger partial charge in [0.15, 0.2) is 5.82 Å². The Morgan fingerprint density at radius 1 is 1.38 bits per heavy atom. The molecule has 0 spiro atoms. The van der Waals surface area contributed by atoms with Gasteiger partial charge in [0.25, 0.3) is 0 Å². The van der Waals surface area contributed by atoms with Crippen LogP contribution in [0.4, 0.5) is 5.82 Å². The predicted octanol–water partition coefficient (Wildman–Crippen LogP) is 3.72. The Balaban J connectivity index is 1.86. The fourth-order valence-corrected chi connectivity index (χ4v) is 3.61. The van der Waals surface area contributed by atoms with E-state index in [4.69, 9.17) is 0 Å². The fourth-order valence-electron chi connectivity index (χ4n) is 2.69. The molecule has 0 bridgehead atoms. The van der Waals surface area contributed by atoms with Gasteiger partial charge >= 0.3 is 0 Å². The van der Waals surface area contributed by atoms with Crippen LogP contribution in [0.15, 0.2) is 18.5 Å². The van der Waals surface area contributed by atoms with Crippen LogP contribution in [0, 0.1) is 0 Å². The Morgan fingerprint density at radius 3 is 2.71 bits per heavy atom. The average Bonchev–Trinajstić information content (AvgIpc) is 2.82. The first-order valence-electron chi connectivity index (χ1n) is 7.57. The van der Waals surface area contributed by atoms with Crippen molar-refractivity contribution < 1.29 is 0 Å². The van der Waals surface area contributed by atoms with E-state index < -0.39 is 0 Å². The summed E-state index contributed by atoms with van der Waals surface area (Å²) in [4.78, 5) is 4.52. The minimum atomic E-state index is 0.0533. The number of nitrogens with zero attached hydrogens (tertiary/aromatic N) is 3. The molecule has 1 aliphatic carbocycles. The lowest BCUT2D eigenvalue weighted by Crippen LogP contribution is -2.40. The third-order valence-electron chi connectivity index (χ3n) is 4.43. The summed E-state index contributed by atoms with van der Waals surface area (Å²) in [5, 5.41) is 8.23. The molecule has 1 aliphatic rings. The van der Waals surface area contributed by atoms with Gasteiger partial charge in [-0.25, -0.2) is 9.50 Å². The highest BCUT2D eigenvalue weighted by Crippen LogP contribution is 2.42. The molecule has 21 heavy (non-hydrogen) atoms. The van der Waals surface area contributed by atoms with Gasteiger partial charge in [-0.05, 0) is 25.2 Å². The molecule has 5 heteroatoms. The van der Waals surface area contributed by atoms with Crippen LogP contribution in [0.3, 0.4) is 0 Å². The predicted molar refractivity (Wildman–Crippen MR) is 90.3 cm³/mol. The van der Waals surface area contributed by atoms with Gasteiger partial charge in [0.1, 0.15) is 5.52 Å². The van der Waals surface area contributed by atoms with Gasteiger partial charge in [0.05, 0.1) is 5.69 Å². The van der Waals surface area contributed by atoms with Crippen LogP contribution in [-0.2, 0) is 5.41 Å². The average molecular weight is 304 g/mol. The van der Waals surface area contributed by atoms with E-state index in [-0.39, 0.29) is 5.41 Å². The van der Waals surface area contributed by atoms with Crippen LogP contribution >= 0.6 is 11.8 Å². The Morgan fingerprint density at radius 2 is 2.14 bits per heavy atom. The lowest BCUT2D eigenvalue weighted by molar-refractivity contribution is 0.379. The third-order valence-corrected chi connectivity index (χ3v) is 5.85. The van der Waals surface area contributed by atoms with Crippen molar-refractivity contribution in [3.8, 4) is 0 Å². The Labute approximate surface area is 130 Å². The molecule has 1 fully saturated rings. The number of hydrogen-bond donors (Lipinski definition) is 1. The van der Waals surface area contributed by atoms with Crippen molar-refractivity contribution in [1.29, 1.82) is 0 Å². The van der Waals surface area contributed by atoms with Crippen LogP contribution in [0.1, 0.15) is 45.7 Å². The minimum Gasteiger partial charge on any atom is -0.367 e. The minimum absolute atomic E-state index is 0.0533. The van der Waals surface area contributed by atoms with E-state index in [0.717, 1.165) is 23.6 Å². The zero-order valence-corrected chi connectivity index (χ0v) is 14.1. The van der Waals surface area contributed by atoms with E-state index in [9.17, 15) is 0 Å². The molecule has 0 aromatic carbocycles. The molecule has 2 aromatic rings. The summed E-state index contributed by atoms with van der Waals surface area (Å²) in [5.74, 6) is 0.945. The van der Waals surface area contributed by atoms with Crippen LogP contribution < -0.4 is 5.32 Å². The number of thioether (sulfide) groups is 1. The highest BCUT2D eigenvalue weighted by Gasteiger charge is 2.36. The normalized spacial score (nSPS) is 17.7. The zero-order valence-electron chi connectivity index (χ0n) is 13.3. The molecule has 0 atom stereocenters. The molecule has 0 amide bonds. The highest BCUT2D eigenvalue weighted by molar-refractivity contribution is 8.00. The van der Waals surface area contributed by atoms with Gasteiger partial charge in [-0.1, -0.05) is 27.2 Å². The maximum Gasteiger partial charge on any atom is 0.152 e. The smallest absolute Gasteiger partial charge is 0.152 e. The SMILES string of the molecule is CSC1(CNc2nccn3nc(C(C)(C)C)cc23)CCC1. The van der Waals surface area contributed by atoms with Gasteiger partial charge in [-0.3, -0.25) is 0 Å². The highest BCUT2D eigenvalue weighted by atomic mass is 32.2. The van der Waals surface area contributed by atoms with E-state index in [1.807, 2.05) is 28.7 Å². The van der Waals surface area contributed by atoms with Gasteiger partial charge in [0.2, 0.25) is 0 Å². The second kappa shape index (κ2) is 5.20. The Bertz CT molecular complexity index is 632. The number of fused-ring (bicyclic) bond motifs is 1. The topological polar surface area (TPSA) is 42.2 Å². The molecule has 2 aromatic heterocycles. The Hall–Kier alpha value is -1.23. The number of hydrogen-bond acceptors (Lipinski definition) is 4. The lowest BCUT2D eigenvalue weighted by atomic mass is 9.84. The van der Waals surface area contributed by atoms with E-state index in [1.54, 1.807) is 0 Å². The molecular weight excluding hydrogens is 280 g/mol. The van der Waals surface area contributed by atoms with Gasteiger partial charge in [-0.15, -0.1) is 0 Å². The first kappa shape index (κ1) is 14.7. The van der Waals surface area contributed by atoms with Gasteiger partial charge < -0.3 is 5.32 Å². The van der Waals surface area contributed by atoms with E-state index in [1.165, 1.54) is 19.3 Å². The summed E-state index contributed by atoms with van der Waals surface area (Å²) >= 11 is 1.98. The molecule has 1 N–H and O–H groups in total. The van der Waals surface area contributed by atoms with E-state index in [2.05, 4.69) is 48.5 Å². The number of aromatic nitrogens is 3. The maximum absolute atomic E-state index is 4.67. The van der Waals surface area contributed by atoms with E-state index in [0.29, 0.717) is 4.75 Å². The van der Waals surface area contributed by atoms with Crippen molar-refractivity contribution in [2.75, 3.05) is 18.1 Å². The van der Waals surface area contributed by atoms with Crippen molar-refractivity contribution in [3.63, 3.8) is 0 Å². The van der Waals surface area contributed by atoms with Crippen LogP contribution in [0.25, 0.3) is 5.52 Å². The summed E-state index contributed by atoms with van der Waals surface area (Å²) in [5.41, 5.74) is 2.22. The molecule has 3 rings (SSSR count). The number of nitrogens with one attached hydrogen (secondary N) is 1. The molecule has 0 radical (unpaired) electrons. The van der Waals surface area contributed by atoms with Crippen molar-refractivity contribution in [1.82, 2.24) is 14.6 Å². The summed E-state index contributed by atoms with van der Waals surface area (Å²) in [6.07, 6.45) is 9.91. The van der Waals surface area contributed by atoms with Crippen molar-refractivity contribution in [2.45, 2.75) is 50.2 Å². The standard InChI is InChI=1S/C16H24N4S/c1-15(2,3)13-10-12-14(17-8-9-20(12)19-13)18-11-16(21-4)6-5-7-16/h8-10H,5-7,11H2,1-4H3,(H,17,18). The molecule has 114 valence electrons. The monoisotopic (exact) mass is 304 g/mol. The van der Waals surface area contributed by atoms with Crippen molar-refractivity contribution in [2.24, 2.45) is 0 Å². The molecule has 0 unspecified atom stereocenters. The quantitative estimate of drug-likeness (QED) is 0.934. The number of anilines is 1. The molecule has 0 aliphatic heterocycles. The Kier molecular flexibility index (Phi) is 3.64. The first-order valence-corrected chi connectivity index (χ1v) is 8.80. The van der Waals surface area contributed by atoms with E-state index >= 15 is 0 Å². The van der Waals surface area contributed by atoms with Crippen molar-refractivity contribution in [3.05, 3.63) is 24.2 Å². The van der Waals surface area contributed by atoms with Crippen LogP contribution in [-0.4, -0.2) is 32.1 Å². The van der Waals surface area contributed by atoms with Crippen LogP contribution in [0.2, 0.25) is 0 Å². The summed E-state index contributed by atoms with van der Waals surface area (Å²) in [7, 11) is 0. The second-order valence-electron chi connectivity index (χ2n) is 6.98. The lowest BCUT2D eigenvalue weighted by Gasteiger charge is -2.40. The molecule has 2 heterocycles. The number of rotatable bonds is 4. The zero-order chi connectivity index (χ0) is 15.1. The van der Waals surface area contributed by atoms with Crippen molar-refractivity contribution >= 4 is 23.1 Å². The summed E-state index contributed by atoms with van der Waals surface area (Å²) < 4.78 is 2.34. The molecule has 0 saturated heterocycles. The van der Waals surface area contributed by atoms with Crippen LogP contribution in [0.5, 0.6) is 0 Å². The maximum atomic E-state index is 4.67.